The largest absolute Gasteiger partial charge is 0.481 e. The Kier molecular flexibility index (Phi) is 5.51. The van der Waals surface area contributed by atoms with E-state index in [0.717, 1.165) is 30.8 Å². The fraction of sp³-hybridized carbons (Fsp3) is 0.706. The summed E-state index contributed by atoms with van der Waals surface area (Å²) in [5, 5.41) is 16.6. The first-order valence-electron chi connectivity index (χ1n) is 8.63. The van der Waals surface area contributed by atoms with E-state index in [1.807, 2.05) is 4.68 Å². The molecule has 2 N–H and O–H groups in total. The highest BCUT2D eigenvalue weighted by Crippen LogP contribution is 2.31. The number of aryl methyl sites for hydroxylation is 1. The highest BCUT2D eigenvalue weighted by atomic mass is 16.4. The number of carboxylic acids is 1. The van der Waals surface area contributed by atoms with Gasteiger partial charge in [-0.1, -0.05) is 27.2 Å². The number of aliphatic carboxylic acids is 1. The fourth-order valence-electron chi connectivity index (χ4n) is 3.09. The Hall–Kier alpha value is -2.05. The van der Waals surface area contributed by atoms with Gasteiger partial charge in [0.2, 0.25) is 0 Å². The Morgan fingerprint density at radius 1 is 1.46 bits per heavy atom. The summed E-state index contributed by atoms with van der Waals surface area (Å²) in [5.74, 6) is -0.615. The summed E-state index contributed by atoms with van der Waals surface area (Å²) in [6.45, 7) is 9.49. The molecule has 2 heterocycles. The molecule has 2 amide bonds. The van der Waals surface area contributed by atoms with Crippen molar-refractivity contribution in [3.05, 3.63) is 11.9 Å². The second-order valence-electron chi connectivity index (χ2n) is 7.14. The molecule has 0 aromatic carbocycles. The molecule has 0 bridgehead atoms. The number of likely N-dealkylation sites (tertiary alicyclic amines) is 1. The molecular weight excluding hydrogens is 308 g/mol. The molecule has 0 aliphatic carbocycles. The summed E-state index contributed by atoms with van der Waals surface area (Å²) in [6.07, 6.45) is 4.29. The van der Waals surface area contributed by atoms with Gasteiger partial charge < -0.3 is 15.3 Å². The zero-order chi connectivity index (χ0) is 17.9. The summed E-state index contributed by atoms with van der Waals surface area (Å²) < 4.78 is 1.95. The van der Waals surface area contributed by atoms with E-state index in [1.165, 1.54) is 0 Å². The van der Waals surface area contributed by atoms with Gasteiger partial charge in [0.25, 0.3) is 0 Å². The van der Waals surface area contributed by atoms with Crippen LogP contribution in [0.25, 0.3) is 0 Å². The van der Waals surface area contributed by atoms with Crippen molar-refractivity contribution in [3.8, 4) is 0 Å². The summed E-state index contributed by atoms with van der Waals surface area (Å²) in [6, 6.07) is -0.253. The SMILES string of the molecule is CCCCn1ncc(NC(=O)N2CCC(C)(C(=O)O)C2)c1C(C)C. The zero-order valence-electron chi connectivity index (χ0n) is 15.0. The van der Waals surface area contributed by atoms with Crippen molar-refractivity contribution in [3.63, 3.8) is 0 Å². The first-order chi connectivity index (χ1) is 11.3. The van der Waals surface area contributed by atoms with Gasteiger partial charge in [0.1, 0.15) is 0 Å². The molecular formula is C17H28N4O3. The maximum Gasteiger partial charge on any atom is 0.321 e. The predicted molar refractivity (Wildman–Crippen MR) is 92.2 cm³/mol. The Labute approximate surface area is 143 Å². The number of carboxylic acid groups (broad SMARTS) is 1. The number of nitrogens with one attached hydrogen (secondary N) is 1. The van der Waals surface area contributed by atoms with Crippen molar-refractivity contribution in [1.29, 1.82) is 0 Å². The summed E-state index contributed by atoms with van der Waals surface area (Å²) in [7, 11) is 0. The number of aromatic nitrogens is 2. The van der Waals surface area contributed by atoms with Crippen LogP contribution in [0.3, 0.4) is 0 Å². The van der Waals surface area contributed by atoms with Gasteiger partial charge in [-0.3, -0.25) is 9.48 Å². The van der Waals surface area contributed by atoms with Crippen LogP contribution in [-0.2, 0) is 11.3 Å². The van der Waals surface area contributed by atoms with E-state index in [9.17, 15) is 14.7 Å². The van der Waals surface area contributed by atoms with E-state index in [2.05, 4.69) is 31.2 Å². The van der Waals surface area contributed by atoms with E-state index >= 15 is 0 Å². The Balaban J connectivity index is 2.09. The topological polar surface area (TPSA) is 87.5 Å². The van der Waals surface area contributed by atoms with Crippen molar-refractivity contribution in [2.24, 2.45) is 5.41 Å². The number of unbranched alkanes of at least 4 members (excludes halogenated alkanes) is 1. The number of hydrogen-bond acceptors (Lipinski definition) is 3. The van der Waals surface area contributed by atoms with Crippen LogP contribution in [0.5, 0.6) is 0 Å². The molecule has 24 heavy (non-hydrogen) atoms. The third-order valence-corrected chi connectivity index (χ3v) is 4.67. The van der Waals surface area contributed by atoms with Crippen LogP contribution in [0.4, 0.5) is 10.5 Å². The number of carbonyl (C=O) groups excluding carboxylic acids is 1. The molecule has 0 saturated carbocycles. The fourth-order valence-corrected chi connectivity index (χ4v) is 3.09. The van der Waals surface area contributed by atoms with Crippen LogP contribution in [0.1, 0.15) is 58.6 Å². The minimum Gasteiger partial charge on any atom is -0.481 e. The minimum absolute atomic E-state index is 0.231. The minimum atomic E-state index is -0.858. The highest BCUT2D eigenvalue weighted by molar-refractivity contribution is 5.91. The molecule has 0 radical (unpaired) electrons. The van der Waals surface area contributed by atoms with Crippen molar-refractivity contribution >= 4 is 17.7 Å². The first-order valence-corrected chi connectivity index (χ1v) is 8.63. The highest BCUT2D eigenvalue weighted by Gasteiger charge is 2.42. The van der Waals surface area contributed by atoms with Crippen molar-refractivity contribution < 1.29 is 14.7 Å². The Morgan fingerprint density at radius 2 is 2.17 bits per heavy atom. The summed E-state index contributed by atoms with van der Waals surface area (Å²) >= 11 is 0. The third kappa shape index (κ3) is 3.71. The summed E-state index contributed by atoms with van der Waals surface area (Å²) in [5.41, 5.74) is 0.871. The van der Waals surface area contributed by atoms with Crippen LogP contribution in [-0.4, -0.2) is 44.9 Å². The van der Waals surface area contributed by atoms with Crippen LogP contribution in [0, 0.1) is 5.41 Å². The van der Waals surface area contributed by atoms with E-state index in [1.54, 1.807) is 18.0 Å². The zero-order valence-corrected chi connectivity index (χ0v) is 15.0. The number of urea groups is 1. The number of anilines is 1. The van der Waals surface area contributed by atoms with E-state index in [0.29, 0.717) is 13.0 Å². The molecule has 1 fully saturated rings. The first kappa shape index (κ1) is 18.3. The number of rotatable bonds is 6. The lowest BCUT2D eigenvalue weighted by molar-refractivity contribution is -0.146. The number of nitrogens with zero attached hydrogens (tertiary/aromatic N) is 3. The molecule has 1 aliphatic rings. The lowest BCUT2D eigenvalue weighted by Crippen LogP contribution is -2.37. The standard InChI is InChI=1S/C17H28N4O3/c1-5-6-8-21-14(12(2)3)13(10-18-21)19-16(24)20-9-7-17(4,11-20)15(22)23/h10,12H,5-9,11H2,1-4H3,(H,19,24)(H,22,23). The van der Waals surface area contributed by atoms with Gasteiger partial charge in [-0.05, 0) is 25.7 Å². The molecule has 1 atom stereocenters. The molecule has 1 unspecified atom stereocenters. The maximum absolute atomic E-state index is 12.5. The predicted octanol–water partition coefficient (Wildman–Crippen LogP) is 3.14. The molecule has 134 valence electrons. The van der Waals surface area contributed by atoms with Gasteiger partial charge in [-0.15, -0.1) is 0 Å². The number of carbonyl (C=O) groups is 2. The average Bonchev–Trinajstić information content (AvgIpc) is 3.10. The van der Waals surface area contributed by atoms with Crippen molar-refractivity contribution in [2.75, 3.05) is 18.4 Å². The molecule has 1 aromatic rings. The molecule has 0 spiro atoms. The monoisotopic (exact) mass is 336 g/mol. The lowest BCUT2D eigenvalue weighted by atomic mass is 9.90. The van der Waals surface area contributed by atoms with Gasteiger partial charge >= 0.3 is 12.0 Å². The van der Waals surface area contributed by atoms with E-state index < -0.39 is 11.4 Å². The van der Waals surface area contributed by atoms with Gasteiger partial charge in [0.05, 0.1) is 23.0 Å². The smallest absolute Gasteiger partial charge is 0.321 e. The van der Waals surface area contributed by atoms with Crippen LogP contribution in [0.15, 0.2) is 6.20 Å². The molecule has 7 heteroatoms. The quantitative estimate of drug-likeness (QED) is 0.835. The maximum atomic E-state index is 12.5. The van der Waals surface area contributed by atoms with Crippen LogP contribution >= 0.6 is 0 Å². The number of hydrogen-bond donors (Lipinski definition) is 2. The normalized spacial score (nSPS) is 20.6. The molecule has 7 nitrogen and oxygen atoms in total. The van der Waals surface area contributed by atoms with Gasteiger partial charge in [-0.2, -0.15) is 5.10 Å². The van der Waals surface area contributed by atoms with Gasteiger partial charge in [0, 0.05) is 19.6 Å². The second kappa shape index (κ2) is 7.23. The summed E-state index contributed by atoms with van der Waals surface area (Å²) in [4.78, 5) is 25.4. The second-order valence-corrected chi connectivity index (χ2v) is 7.14. The van der Waals surface area contributed by atoms with Gasteiger partial charge in [0.15, 0.2) is 0 Å². The molecule has 2 rings (SSSR count). The number of amides is 2. The van der Waals surface area contributed by atoms with Gasteiger partial charge in [-0.25, -0.2) is 4.79 Å². The lowest BCUT2D eigenvalue weighted by Gasteiger charge is -2.21. The van der Waals surface area contributed by atoms with Crippen LogP contribution in [0.2, 0.25) is 0 Å². The van der Waals surface area contributed by atoms with Crippen molar-refractivity contribution in [2.45, 2.75) is 59.4 Å². The molecule has 1 aromatic heterocycles. The van der Waals surface area contributed by atoms with Crippen LogP contribution < -0.4 is 5.32 Å². The Bertz CT molecular complexity index is 611. The van der Waals surface area contributed by atoms with Crippen molar-refractivity contribution in [1.82, 2.24) is 14.7 Å². The van der Waals surface area contributed by atoms with E-state index in [4.69, 9.17) is 0 Å². The van der Waals surface area contributed by atoms with E-state index in [-0.39, 0.29) is 18.5 Å². The molecule has 1 saturated heterocycles. The average molecular weight is 336 g/mol. The Morgan fingerprint density at radius 3 is 2.71 bits per heavy atom. The molecule has 1 aliphatic heterocycles. The third-order valence-electron chi connectivity index (χ3n) is 4.67.